The highest BCUT2D eigenvalue weighted by Gasteiger charge is 2.48. The number of hydrogen-bond acceptors (Lipinski definition) is 4. The van der Waals surface area contributed by atoms with Gasteiger partial charge in [-0.1, -0.05) is 6.92 Å². The molecule has 0 aromatic carbocycles. The van der Waals surface area contributed by atoms with Crippen LogP contribution in [0.5, 0.6) is 0 Å². The van der Waals surface area contributed by atoms with Crippen LogP contribution in [-0.2, 0) is 9.53 Å². The van der Waals surface area contributed by atoms with Gasteiger partial charge in [-0.05, 0) is 19.3 Å². The molecule has 0 spiro atoms. The van der Waals surface area contributed by atoms with Gasteiger partial charge in [-0.3, -0.25) is 5.43 Å². The van der Waals surface area contributed by atoms with Gasteiger partial charge in [-0.25, -0.2) is 14.6 Å². The smallest absolute Gasteiger partial charge is 0.332 e. The van der Waals surface area contributed by atoms with E-state index in [0.717, 1.165) is 6.42 Å². The lowest BCUT2D eigenvalue weighted by Gasteiger charge is -2.36. The minimum absolute atomic E-state index is 0.316. The Morgan fingerprint density at radius 3 is 2.58 bits per heavy atom. The zero-order valence-corrected chi connectivity index (χ0v) is 11.2. The molecule has 0 bridgehead atoms. The molecule has 0 radical (unpaired) electrons. The monoisotopic (exact) mass is 271 g/mol. The van der Waals surface area contributed by atoms with Crippen LogP contribution < -0.4 is 5.43 Å². The molecule has 2 heterocycles. The summed E-state index contributed by atoms with van der Waals surface area (Å²) in [7, 11) is 0. The second-order valence-electron chi connectivity index (χ2n) is 4.96. The fourth-order valence-corrected chi connectivity index (χ4v) is 2.79. The summed E-state index contributed by atoms with van der Waals surface area (Å²) in [6.07, 6.45) is 1.69. The van der Waals surface area contributed by atoms with Gasteiger partial charge in [0, 0.05) is 19.6 Å². The van der Waals surface area contributed by atoms with Crippen molar-refractivity contribution in [3.05, 3.63) is 0 Å². The van der Waals surface area contributed by atoms with Crippen molar-refractivity contribution in [2.75, 3.05) is 32.8 Å². The van der Waals surface area contributed by atoms with E-state index in [4.69, 9.17) is 4.74 Å². The van der Waals surface area contributed by atoms with Crippen LogP contribution in [0.3, 0.4) is 0 Å². The Bertz CT molecular complexity index is 357. The Morgan fingerprint density at radius 2 is 2.00 bits per heavy atom. The van der Waals surface area contributed by atoms with Gasteiger partial charge in [-0.15, -0.1) is 0 Å². The van der Waals surface area contributed by atoms with E-state index < -0.39 is 11.5 Å². The molecular weight excluding hydrogens is 250 g/mol. The molecule has 0 aromatic rings. The summed E-state index contributed by atoms with van der Waals surface area (Å²) in [5.41, 5.74) is 1.74. The van der Waals surface area contributed by atoms with Crippen LogP contribution in [0.2, 0.25) is 0 Å². The van der Waals surface area contributed by atoms with E-state index in [1.54, 1.807) is 5.01 Å². The van der Waals surface area contributed by atoms with E-state index >= 15 is 0 Å². The molecule has 0 aromatic heterocycles. The lowest BCUT2D eigenvalue weighted by molar-refractivity contribution is -0.148. The number of carboxylic acid groups (broad SMARTS) is 1. The number of hydrazine groups is 1. The summed E-state index contributed by atoms with van der Waals surface area (Å²) in [6, 6.07) is -0.316. The number of amides is 2. The molecule has 1 unspecified atom stereocenters. The first-order valence-electron chi connectivity index (χ1n) is 6.74. The van der Waals surface area contributed by atoms with Gasteiger partial charge in [-0.2, -0.15) is 0 Å². The molecule has 2 N–H and O–H groups in total. The molecule has 108 valence electrons. The first kappa shape index (κ1) is 14.1. The third-order valence-corrected chi connectivity index (χ3v) is 3.98. The van der Waals surface area contributed by atoms with Crippen molar-refractivity contribution < 1.29 is 19.4 Å². The maximum absolute atomic E-state index is 12.3. The number of nitrogens with zero attached hydrogens (tertiary/aromatic N) is 2. The number of ether oxygens (including phenoxy) is 1. The standard InChI is InChI=1S/C12H21N3O4/c1-2-12(10(16)17)4-3-5-15(12)11(18)13-14-6-8-19-9-7-14/h2-9H2,1H3,(H,13,18)(H,16,17). The van der Waals surface area contributed by atoms with Gasteiger partial charge in [0.2, 0.25) is 0 Å². The fourth-order valence-electron chi connectivity index (χ4n) is 2.79. The fraction of sp³-hybridized carbons (Fsp3) is 0.833. The molecule has 19 heavy (non-hydrogen) atoms. The van der Waals surface area contributed by atoms with Crippen LogP contribution in [0.4, 0.5) is 4.79 Å². The molecule has 7 nitrogen and oxygen atoms in total. The molecule has 2 amide bonds. The second kappa shape index (κ2) is 5.75. The third-order valence-electron chi connectivity index (χ3n) is 3.98. The van der Waals surface area contributed by atoms with Gasteiger partial charge in [0.25, 0.3) is 0 Å². The Hall–Kier alpha value is -1.34. The van der Waals surface area contributed by atoms with Gasteiger partial charge in [0.15, 0.2) is 0 Å². The van der Waals surface area contributed by atoms with Crippen molar-refractivity contribution in [3.63, 3.8) is 0 Å². The summed E-state index contributed by atoms with van der Waals surface area (Å²) in [5.74, 6) is -0.912. The summed E-state index contributed by atoms with van der Waals surface area (Å²) >= 11 is 0. The molecular formula is C12H21N3O4. The van der Waals surface area contributed by atoms with Crippen LogP contribution in [0.1, 0.15) is 26.2 Å². The van der Waals surface area contributed by atoms with Gasteiger partial charge >= 0.3 is 12.0 Å². The first-order chi connectivity index (χ1) is 9.10. The minimum atomic E-state index is -1.05. The van der Waals surface area contributed by atoms with Crippen LogP contribution >= 0.6 is 0 Å². The molecule has 7 heteroatoms. The topological polar surface area (TPSA) is 82.1 Å². The highest BCUT2D eigenvalue weighted by molar-refractivity contribution is 5.86. The van der Waals surface area contributed by atoms with Crippen molar-refractivity contribution in [2.45, 2.75) is 31.7 Å². The lowest BCUT2D eigenvalue weighted by atomic mass is 9.93. The zero-order chi connectivity index (χ0) is 13.9. The largest absolute Gasteiger partial charge is 0.479 e. The Labute approximate surface area is 112 Å². The normalized spacial score (nSPS) is 28.4. The number of morpholine rings is 1. The molecule has 2 aliphatic rings. The summed E-state index contributed by atoms with van der Waals surface area (Å²) in [4.78, 5) is 25.2. The Morgan fingerprint density at radius 1 is 1.32 bits per heavy atom. The van der Waals surface area contributed by atoms with Crippen LogP contribution in [0.25, 0.3) is 0 Å². The molecule has 0 aliphatic carbocycles. The molecule has 2 rings (SSSR count). The Balaban J connectivity index is 2.02. The number of carbonyl (C=O) groups excluding carboxylic acids is 1. The molecule has 1 atom stereocenters. The number of likely N-dealkylation sites (tertiary alicyclic amines) is 1. The highest BCUT2D eigenvalue weighted by Crippen LogP contribution is 2.32. The predicted molar refractivity (Wildman–Crippen MR) is 67.5 cm³/mol. The number of nitrogens with one attached hydrogen (secondary N) is 1. The van der Waals surface area contributed by atoms with Crippen molar-refractivity contribution >= 4 is 12.0 Å². The molecule has 0 saturated carbocycles. The molecule has 2 fully saturated rings. The van der Waals surface area contributed by atoms with Crippen molar-refractivity contribution in [1.29, 1.82) is 0 Å². The van der Waals surface area contributed by atoms with Crippen molar-refractivity contribution in [2.24, 2.45) is 0 Å². The maximum atomic E-state index is 12.3. The zero-order valence-electron chi connectivity index (χ0n) is 11.2. The summed E-state index contributed by atoms with van der Waals surface area (Å²) < 4.78 is 5.21. The summed E-state index contributed by atoms with van der Waals surface area (Å²) in [6.45, 7) is 4.73. The van der Waals surface area contributed by atoms with E-state index in [0.29, 0.717) is 45.7 Å². The van der Waals surface area contributed by atoms with E-state index in [1.165, 1.54) is 4.90 Å². The average Bonchev–Trinajstić information content (AvgIpc) is 2.85. The average molecular weight is 271 g/mol. The van der Waals surface area contributed by atoms with E-state index in [1.807, 2.05) is 6.92 Å². The first-order valence-corrected chi connectivity index (χ1v) is 6.74. The minimum Gasteiger partial charge on any atom is -0.479 e. The summed E-state index contributed by atoms with van der Waals surface area (Å²) in [5, 5.41) is 11.2. The lowest BCUT2D eigenvalue weighted by Crippen LogP contribution is -2.59. The van der Waals surface area contributed by atoms with Crippen LogP contribution in [0.15, 0.2) is 0 Å². The predicted octanol–water partition coefficient (Wildman–Crippen LogP) is 0.272. The van der Waals surface area contributed by atoms with Crippen LogP contribution in [-0.4, -0.2) is 65.4 Å². The van der Waals surface area contributed by atoms with Crippen LogP contribution in [0, 0.1) is 0 Å². The number of rotatable bonds is 3. The number of hydrogen-bond donors (Lipinski definition) is 2. The Kier molecular flexibility index (Phi) is 4.26. The third kappa shape index (κ3) is 2.66. The van der Waals surface area contributed by atoms with E-state index in [9.17, 15) is 14.7 Å². The number of carboxylic acids is 1. The number of carbonyl (C=O) groups is 2. The number of urea groups is 1. The number of aliphatic carboxylic acids is 1. The van der Waals surface area contributed by atoms with Gasteiger partial charge in [0.1, 0.15) is 5.54 Å². The molecule has 2 aliphatic heterocycles. The van der Waals surface area contributed by atoms with Gasteiger partial charge in [0.05, 0.1) is 13.2 Å². The molecule has 2 saturated heterocycles. The highest BCUT2D eigenvalue weighted by atomic mass is 16.5. The van der Waals surface area contributed by atoms with Gasteiger partial charge < -0.3 is 14.7 Å². The SMILES string of the molecule is CCC1(C(=O)O)CCCN1C(=O)NN1CCOCC1. The maximum Gasteiger partial charge on any atom is 0.332 e. The van der Waals surface area contributed by atoms with E-state index in [2.05, 4.69) is 5.43 Å². The quantitative estimate of drug-likeness (QED) is 0.770. The second-order valence-corrected chi connectivity index (χ2v) is 4.96. The van der Waals surface area contributed by atoms with Crippen molar-refractivity contribution in [1.82, 2.24) is 15.3 Å². The van der Waals surface area contributed by atoms with Crippen molar-refractivity contribution in [3.8, 4) is 0 Å². The van der Waals surface area contributed by atoms with E-state index in [-0.39, 0.29) is 6.03 Å².